The van der Waals surface area contributed by atoms with Crippen molar-refractivity contribution in [1.29, 1.82) is 5.26 Å². The molecule has 25 heavy (non-hydrogen) atoms. The molecule has 2 fully saturated rings. The molecule has 1 heterocycles. The van der Waals surface area contributed by atoms with Crippen molar-refractivity contribution in [3.8, 4) is 6.07 Å². The zero-order valence-corrected chi connectivity index (χ0v) is 13.8. The van der Waals surface area contributed by atoms with Gasteiger partial charge in [0, 0.05) is 6.54 Å². The first kappa shape index (κ1) is 17.0. The minimum Gasteiger partial charge on any atom is -0.461 e. The number of carbonyl (C=O) groups excluding carboxylic acids is 3. The molecule has 3 amide bonds. The maximum atomic E-state index is 12.5. The summed E-state index contributed by atoms with van der Waals surface area (Å²) in [5, 5.41) is 11.5. The van der Waals surface area contributed by atoms with Gasteiger partial charge in [-0.15, -0.1) is 0 Å². The van der Waals surface area contributed by atoms with Gasteiger partial charge in [0.25, 0.3) is 5.91 Å². The van der Waals surface area contributed by atoms with Crippen molar-refractivity contribution in [3.63, 3.8) is 0 Å². The number of nitrogens with one attached hydrogen (secondary N) is 1. The van der Waals surface area contributed by atoms with E-state index in [0.717, 1.165) is 23.3 Å². The van der Waals surface area contributed by atoms with Gasteiger partial charge in [0.1, 0.15) is 12.1 Å². The van der Waals surface area contributed by atoms with Crippen molar-refractivity contribution >= 4 is 17.9 Å². The Morgan fingerprint density at radius 3 is 2.56 bits per heavy atom. The van der Waals surface area contributed by atoms with Gasteiger partial charge in [0.2, 0.25) is 0 Å². The second kappa shape index (κ2) is 6.93. The number of benzene rings is 1. The standard InChI is InChI=1S/C18H19N3O4/c19-11-13-3-5-14(6-4-13)12-25-15(22)7-10-21-16(23)18(20-17(21)24)8-1-2-9-18/h3-6H,1-2,7-10,12H2,(H,20,24). The van der Waals surface area contributed by atoms with E-state index in [0.29, 0.717) is 18.4 Å². The number of nitrogens with zero attached hydrogens (tertiary/aromatic N) is 2. The molecule has 0 bridgehead atoms. The lowest BCUT2D eigenvalue weighted by atomic mass is 9.98. The Balaban J connectivity index is 1.48. The highest BCUT2D eigenvalue weighted by Gasteiger charge is 2.52. The van der Waals surface area contributed by atoms with Crippen LogP contribution in [0.25, 0.3) is 0 Å². The van der Waals surface area contributed by atoms with E-state index >= 15 is 0 Å². The molecule has 7 nitrogen and oxygen atoms in total. The highest BCUT2D eigenvalue weighted by Crippen LogP contribution is 2.35. The number of amides is 3. The molecule has 0 aromatic heterocycles. The van der Waals surface area contributed by atoms with Crippen LogP contribution in [0.15, 0.2) is 24.3 Å². The molecule has 0 unspecified atom stereocenters. The van der Waals surface area contributed by atoms with E-state index in [1.165, 1.54) is 0 Å². The largest absolute Gasteiger partial charge is 0.461 e. The van der Waals surface area contributed by atoms with Gasteiger partial charge in [0.15, 0.2) is 0 Å². The van der Waals surface area contributed by atoms with E-state index in [-0.39, 0.29) is 25.5 Å². The number of hydrogen-bond donors (Lipinski definition) is 1. The lowest BCUT2D eigenvalue weighted by molar-refractivity contribution is -0.145. The van der Waals surface area contributed by atoms with Crippen LogP contribution in [0.4, 0.5) is 4.79 Å². The number of esters is 1. The minimum absolute atomic E-state index is 0.0264. The first-order valence-corrected chi connectivity index (χ1v) is 8.33. The van der Waals surface area contributed by atoms with Crippen LogP contribution in [0.2, 0.25) is 0 Å². The molecule has 1 aromatic carbocycles. The fourth-order valence-electron chi connectivity index (χ4n) is 3.31. The Morgan fingerprint density at radius 2 is 1.92 bits per heavy atom. The van der Waals surface area contributed by atoms with Crippen molar-refractivity contribution in [3.05, 3.63) is 35.4 Å². The molecule has 1 spiro atoms. The first-order chi connectivity index (χ1) is 12.0. The molecular weight excluding hydrogens is 322 g/mol. The topological polar surface area (TPSA) is 99.5 Å². The molecule has 1 saturated carbocycles. The van der Waals surface area contributed by atoms with Crippen molar-refractivity contribution in [1.82, 2.24) is 10.2 Å². The number of imide groups is 1. The fourth-order valence-corrected chi connectivity index (χ4v) is 3.31. The highest BCUT2D eigenvalue weighted by atomic mass is 16.5. The molecular formula is C18H19N3O4. The molecule has 1 saturated heterocycles. The smallest absolute Gasteiger partial charge is 0.325 e. The van der Waals surface area contributed by atoms with Gasteiger partial charge in [0.05, 0.1) is 18.1 Å². The average Bonchev–Trinajstić information content (AvgIpc) is 3.18. The molecule has 0 atom stereocenters. The summed E-state index contributed by atoms with van der Waals surface area (Å²) < 4.78 is 5.16. The van der Waals surface area contributed by atoms with Crippen molar-refractivity contribution in [2.24, 2.45) is 0 Å². The first-order valence-electron chi connectivity index (χ1n) is 8.33. The van der Waals surface area contributed by atoms with Gasteiger partial charge in [-0.1, -0.05) is 25.0 Å². The molecule has 3 rings (SSSR count). The van der Waals surface area contributed by atoms with Crippen LogP contribution >= 0.6 is 0 Å². The van der Waals surface area contributed by atoms with Gasteiger partial charge >= 0.3 is 12.0 Å². The van der Waals surface area contributed by atoms with Crippen LogP contribution in [-0.2, 0) is 20.9 Å². The molecule has 0 radical (unpaired) electrons. The number of rotatable bonds is 5. The second-order valence-electron chi connectivity index (χ2n) is 6.40. The van der Waals surface area contributed by atoms with Crippen molar-refractivity contribution in [2.45, 2.75) is 44.2 Å². The number of hydrogen-bond acceptors (Lipinski definition) is 5. The highest BCUT2D eigenvalue weighted by molar-refractivity contribution is 6.07. The lowest BCUT2D eigenvalue weighted by Crippen LogP contribution is -2.44. The Labute approximate surface area is 145 Å². The Morgan fingerprint density at radius 1 is 1.24 bits per heavy atom. The second-order valence-corrected chi connectivity index (χ2v) is 6.40. The van der Waals surface area contributed by atoms with E-state index in [2.05, 4.69) is 5.32 Å². The van der Waals surface area contributed by atoms with Crippen molar-refractivity contribution in [2.75, 3.05) is 6.54 Å². The van der Waals surface area contributed by atoms with Crippen LogP contribution in [-0.4, -0.2) is 34.9 Å². The predicted molar refractivity (Wildman–Crippen MR) is 87.0 cm³/mol. The predicted octanol–water partition coefficient (Wildman–Crippen LogP) is 1.86. The zero-order chi connectivity index (χ0) is 17.9. The summed E-state index contributed by atoms with van der Waals surface area (Å²) in [6.07, 6.45) is 3.14. The maximum absolute atomic E-state index is 12.5. The van der Waals surface area contributed by atoms with E-state index < -0.39 is 17.5 Å². The van der Waals surface area contributed by atoms with Gasteiger partial charge < -0.3 is 10.1 Å². The average molecular weight is 341 g/mol. The fraction of sp³-hybridized carbons (Fsp3) is 0.444. The monoisotopic (exact) mass is 341 g/mol. The van der Waals surface area contributed by atoms with Crippen LogP contribution in [0, 0.1) is 11.3 Å². The van der Waals surface area contributed by atoms with Gasteiger partial charge in [-0.05, 0) is 30.5 Å². The van der Waals surface area contributed by atoms with Crippen molar-refractivity contribution < 1.29 is 19.1 Å². The Bertz CT molecular complexity index is 730. The summed E-state index contributed by atoms with van der Waals surface area (Å²) in [6, 6.07) is 8.32. The number of nitriles is 1. The summed E-state index contributed by atoms with van der Waals surface area (Å²) in [7, 11) is 0. The number of ether oxygens (including phenoxy) is 1. The normalized spacial score (nSPS) is 18.3. The number of urea groups is 1. The molecule has 1 aromatic rings. The third-order valence-corrected chi connectivity index (χ3v) is 4.73. The summed E-state index contributed by atoms with van der Waals surface area (Å²) in [4.78, 5) is 37.5. The maximum Gasteiger partial charge on any atom is 0.325 e. The van der Waals surface area contributed by atoms with Crippen LogP contribution in [0.3, 0.4) is 0 Å². The molecule has 1 aliphatic heterocycles. The third-order valence-electron chi connectivity index (χ3n) is 4.73. The minimum atomic E-state index is -0.747. The van der Waals surface area contributed by atoms with E-state index in [1.807, 2.05) is 6.07 Å². The third kappa shape index (κ3) is 3.48. The van der Waals surface area contributed by atoms with Gasteiger partial charge in [-0.25, -0.2) is 4.79 Å². The van der Waals surface area contributed by atoms with Crippen LogP contribution < -0.4 is 5.32 Å². The molecule has 7 heteroatoms. The van der Waals surface area contributed by atoms with Gasteiger partial charge in [-0.2, -0.15) is 5.26 Å². The van der Waals surface area contributed by atoms with Gasteiger partial charge in [-0.3, -0.25) is 14.5 Å². The molecule has 130 valence electrons. The number of carbonyl (C=O) groups is 3. The van der Waals surface area contributed by atoms with E-state index in [1.54, 1.807) is 24.3 Å². The SMILES string of the molecule is N#Cc1ccc(COC(=O)CCN2C(=O)NC3(CCCC3)C2=O)cc1. The quantitative estimate of drug-likeness (QED) is 0.651. The zero-order valence-electron chi connectivity index (χ0n) is 13.8. The Hall–Kier alpha value is -2.88. The molecule has 1 N–H and O–H groups in total. The summed E-state index contributed by atoms with van der Waals surface area (Å²) in [6.45, 7) is 0.118. The summed E-state index contributed by atoms with van der Waals surface area (Å²) >= 11 is 0. The summed E-state index contributed by atoms with van der Waals surface area (Å²) in [5.41, 5.74) is 0.561. The Kier molecular flexibility index (Phi) is 4.70. The van der Waals surface area contributed by atoms with Crippen LogP contribution in [0.1, 0.15) is 43.2 Å². The van der Waals surface area contributed by atoms with E-state index in [4.69, 9.17) is 10.00 Å². The van der Waals surface area contributed by atoms with E-state index in [9.17, 15) is 14.4 Å². The molecule has 1 aliphatic carbocycles. The molecule has 2 aliphatic rings. The van der Waals surface area contributed by atoms with Crippen LogP contribution in [0.5, 0.6) is 0 Å². The lowest BCUT2D eigenvalue weighted by Gasteiger charge is -2.19. The summed E-state index contributed by atoms with van der Waals surface area (Å²) in [5.74, 6) is -0.702.